The van der Waals surface area contributed by atoms with Crippen LogP contribution in [-0.2, 0) is 14.3 Å². The Bertz CT molecular complexity index is 542. The number of para-hydroxylation sites is 1. The Balaban J connectivity index is 1.76. The Labute approximate surface area is 141 Å². The van der Waals surface area contributed by atoms with Gasteiger partial charge >= 0.3 is 0 Å². The first-order valence-electron chi connectivity index (χ1n) is 7.90. The summed E-state index contributed by atoms with van der Waals surface area (Å²) in [5.41, 5.74) is 1.97. The molecule has 6 heteroatoms. The van der Waals surface area contributed by atoms with Gasteiger partial charge in [-0.15, -0.1) is 11.8 Å². The summed E-state index contributed by atoms with van der Waals surface area (Å²) in [6.07, 6.45) is 0. The molecule has 1 saturated heterocycles. The van der Waals surface area contributed by atoms with Crippen LogP contribution in [0.1, 0.15) is 25.3 Å². The number of carbonyl (C=O) groups is 2. The summed E-state index contributed by atoms with van der Waals surface area (Å²) in [4.78, 5) is 25.9. The lowest BCUT2D eigenvalue weighted by Crippen LogP contribution is -2.41. The number of hydrogen-bond donors (Lipinski definition) is 1. The highest BCUT2D eigenvalue weighted by Gasteiger charge is 2.17. The predicted octanol–water partition coefficient (Wildman–Crippen LogP) is 2.34. The average Bonchev–Trinajstić information content (AvgIpc) is 2.56. The first-order valence-corrected chi connectivity index (χ1v) is 9.05. The highest BCUT2D eigenvalue weighted by Crippen LogP contribution is 2.23. The van der Waals surface area contributed by atoms with E-state index in [1.807, 2.05) is 24.3 Å². The van der Waals surface area contributed by atoms with Gasteiger partial charge in [0.15, 0.2) is 0 Å². The highest BCUT2D eigenvalue weighted by molar-refractivity contribution is 8.00. The maximum Gasteiger partial charge on any atom is 0.234 e. The van der Waals surface area contributed by atoms with Crippen molar-refractivity contribution in [1.29, 1.82) is 0 Å². The molecule has 126 valence electrons. The molecule has 1 N–H and O–H groups in total. The molecule has 0 atom stereocenters. The highest BCUT2D eigenvalue weighted by atomic mass is 32.2. The molecule has 0 bridgehead atoms. The smallest absolute Gasteiger partial charge is 0.234 e. The van der Waals surface area contributed by atoms with Crippen LogP contribution in [0.25, 0.3) is 0 Å². The Morgan fingerprint density at radius 3 is 2.61 bits per heavy atom. The van der Waals surface area contributed by atoms with E-state index < -0.39 is 0 Å². The van der Waals surface area contributed by atoms with Crippen molar-refractivity contribution in [3.05, 3.63) is 29.8 Å². The maximum atomic E-state index is 12.1. The van der Waals surface area contributed by atoms with Crippen LogP contribution < -0.4 is 5.32 Å². The normalized spacial score (nSPS) is 14.8. The minimum Gasteiger partial charge on any atom is -0.378 e. The van der Waals surface area contributed by atoms with Crippen LogP contribution >= 0.6 is 11.8 Å². The van der Waals surface area contributed by atoms with Crippen molar-refractivity contribution in [1.82, 2.24) is 4.90 Å². The molecular formula is C17H24N2O3S. The number of rotatable bonds is 6. The fourth-order valence-electron chi connectivity index (χ4n) is 2.44. The summed E-state index contributed by atoms with van der Waals surface area (Å²) in [5.74, 6) is 0.968. The van der Waals surface area contributed by atoms with Gasteiger partial charge in [-0.05, 0) is 17.5 Å². The van der Waals surface area contributed by atoms with Crippen molar-refractivity contribution in [2.45, 2.75) is 19.8 Å². The van der Waals surface area contributed by atoms with Crippen LogP contribution in [0.4, 0.5) is 5.69 Å². The molecule has 0 saturated carbocycles. The van der Waals surface area contributed by atoms with E-state index in [9.17, 15) is 9.59 Å². The number of morpholine rings is 1. The SMILES string of the molecule is CC(C)c1ccccc1NC(=O)CSCC(=O)N1CCOCC1. The van der Waals surface area contributed by atoms with Crippen molar-refractivity contribution in [3.63, 3.8) is 0 Å². The van der Waals surface area contributed by atoms with E-state index in [0.29, 0.717) is 38.0 Å². The molecule has 1 aliphatic rings. The zero-order valence-electron chi connectivity index (χ0n) is 13.7. The van der Waals surface area contributed by atoms with E-state index in [1.165, 1.54) is 11.8 Å². The lowest BCUT2D eigenvalue weighted by Gasteiger charge is -2.26. The number of anilines is 1. The van der Waals surface area contributed by atoms with Crippen molar-refractivity contribution in [2.75, 3.05) is 43.1 Å². The monoisotopic (exact) mass is 336 g/mol. The van der Waals surface area contributed by atoms with Gasteiger partial charge in [0.25, 0.3) is 0 Å². The average molecular weight is 336 g/mol. The quantitative estimate of drug-likeness (QED) is 0.866. The van der Waals surface area contributed by atoms with Gasteiger partial charge in [-0.2, -0.15) is 0 Å². The van der Waals surface area contributed by atoms with Crippen LogP contribution in [0.15, 0.2) is 24.3 Å². The zero-order chi connectivity index (χ0) is 16.7. The number of amides is 2. The molecule has 2 amide bonds. The number of thioether (sulfide) groups is 1. The lowest BCUT2D eigenvalue weighted by molar-refractivity contribution is -0.132. The lowest BCUT2D eigenvalue weighted by atomic mass is 10.0. The third-order valence-electron chi connectivity index (χ3n) is 3.68. The van der Waals surface area contributed by atoms with Gasteiger partial charge in [-0.3, -0.25) is 9.59 Å². The molecule has 1 aromatic carbocycles. The summed E-state index contributed by atoms with van der Waals surface area (Å²) in [6.45, 7) is 6.69. The molecular weight excluding hydrogens is 312 g/mol. The second-order valence-corrected chi connectivity index (χ2v) is 6.76. The first-order chi connectivity index (χ1) is 11.1. The molecule has 2 rings (SSSR count). The zero-order valence-corrected chi connectivity index (χ0v) is 14.5. The van der Waals surface area contributed by atoms with Crippen LogP contribution in [-0.4, -0.2) is 54.5 Å². The molecule has 1 aliphatic heterocycles. The van der Waals surface area contributed by atoms with E-state index in [0.717, 1.165) is 11.3 Å². The van der Waals surface area contributed by atoms with E-state index in [1.54, 1.807) is 4.90 Å². The molecule has 0 aromatic heterocycles. The summed E-state index contributed by atoms with van der Waals surface area (Å²) < 4.78 is 5.22. The standard InChI is InChI=1S/C17H24N2O3S/c1-13(2)14-5-3-4-6-15(14)18-16(20)11-23-12-17(21)19-7-9-22-10-8-19/h3-6,13H,7-12H2,1-2H3,(H,18,20). The van der Waals surface area contributed by atoms with E-state index >= 15 is 0 Å². The number of nitrogens with one attached hydrogen (secondary N) is 1. The van der Waals surface area contributed by atoms with Crippen LogP contribution in [0.5, 0.6) is 0 Å². The van der Waals surface area contributed by atoms with Crippen LogP contribution in [0.2, 0.25) is 0 Å². The minimum atomic E-state index is -0.0714. The molecule has 1 aromatic rings. The molecule has 0 spiro atoms. The Hall–Kier alpha value is -1.53. The molecule has 0 aliphatic carbocycles. The van der Waals surface area contributed by atoms with Crippen molar-refractivity contribution >= 4 is 29.3 Å². The topological polar surface area (TPSA) is 58.6 Å². The van der Waals surface area contributed by atoms with Gasteiger partial charge in [0.05, 0.1) is 24.7 Å². The number of ether oxygens (including phenoxy) is 1. The molecule has 0 radical (unpaired) electrons. The minimum absolute atomic E-state index is 0.0714. The fourth-order valence-corrected chi connectivity index (χ4v) is 3.15. The molecule has 1 heterocycles. The fraction of sp³-hybridized carbons (Fsp3) is 0.529. The van der Waals surface area contributed by atoms with E-state index in [-0.39, 0.29) is 17.6 Å². The second-order valence-electron chi connectivity index (χ2n) is 5.78. The Morgan fingerprint density at radius 2 is 1.91 bits per heavy atom. The molecule has 5 nitrogen and oxygen atoms in total. The summed E-state index contributed by atoms with van der Waals surface area (Å²) in [6, 6.07) is 7.82. The third kappa shape index (κ3) is 5.55. The van der Waals surface area contributed by atoms with Gasteiger partial charge < -0.3 is 15.0 Å². The number of hydrogen-bond acceptors (Lipinski definition) is 4. The Morgan fingerprint density at radius 1 is 1.22 bits per heavy atom. The number of benzene rings is 1. The molecule has 1 fully saturated rings. The molecule has 23 heavy (non-hydrogen) atoms. The van der Waals surface area contributed by atoms with Crippen molar-refractivity contribution in [2.24, 2.45) is 0 Å². The van der Waals surface area contributed by atoms with Gasteiger partial charge in [0.2, 0.25) is 11.8 Å². The summed E-state index contributed by atoms with van der Waals surface area (Å²) in [7, 11) is 0. The number of nitrogens with zero attached hydrogens (tertiary/aromatic N) is 1. The van der Waals surface area contributed by atoms with Crippen molar-refractivity contribution < 1.29 is 14.3 Å². The number of carbonyl (C=O) groups excluding carboxylic acids is 2. The van der Waals surface area contributed by atoms with Gasteiger partial charge in [0.1, 0.15) is 0 Å². The van der Waals surface area contributed by atoms with Crippen LogP contribution in [0, 0.1) is 0 Å². The first kappa shape index (κ1) is 17.8. The second kappa shape index (κ2) is 8.93. The van der Waals surface area contributed by atoms with E-state index in [4.69, 9.17) is 4.74 Å². The maximum absolute atomic E-state index is 12.1. The van der Waals surface area contributed by atoms with E-state index in [2.05, 4.69) is 19.2 Å². The van der Waals surface area contributed by atoms with Gasteiger partial charge in [-0.1, -0.05) is 32.0 Å². The van der Waals surface area contributed by atoms with Gasteiger partial charge in [0, 0.05) is 18.8 Å². The summed E-state index contributed by atoms with van der Waals surface area (Å²) >= 11 is 1.35. The van der Waals surface area contributed by atoms with Crippen LogP contribution in [0.3, 0.4) is 0 Å². The van der Waals surface area contributed by atoms with Crippen molar-refractivity contribution in [3.8, 4) is 0 Å². The third-order valence-corrected chi connectivity index (χ3v) is 4.60. The Kier molecular flexibility index (Phi) is 6.92. The summed E-state index contributed by atoms with van der Waals surface area (Å²) in [5, 5.41) is 2.94. The molecule has 0 unspecified atom stereocenters. The largest absolute Gasteiger partial charge is 0.378 e. The van der Waals surface area contributed by atoms with Gasteiger partial charge in [-0.25, -0.2) is 0 Å². The predicted molar refractivity (Wildman–Crippen MR) is 93.9 cm³/mol.